The van der Waals surface area contributed by atoms with Crippen LogP contribution in [0.1, 0.15) is 49.7 Å². The fraction of sp³-hybridized carbons (Fsp3) is 0.543. The zero-order chi connectivity index (χ0) is 33.8. The predicted octanol–water partition coefficient (Wildman–Crippen LogP) is 2.42. The molecule has 0 bridgehead atoms. The molecule has 0 saturated carbocycles. The van der Waals surface area contributed by atoms with Crippen LogP contribution in [-0.4, -0.2) is 127 Å². The molecular formula is C35H44BN5O7. The number of esters is 1. The monoisotopic (exact) mass is 657 g/mol. The molecule has 2 aromatic rings. The molecule has 4 aliphatic rings. The number of anilines is 1. The van der Waals surface area contributed by atoms with Gasteiger partial charge in [-0.15, -0.1) is 0 Å². The number of phenolic OH excluding ortho intramolecular Hbond substituents is 1. The van der Waals surface area contributed by atoms with Crippen molar-refractivity contribution in [1.29, 1.82) is 0 Å². The van der Waals surface area contributed by atoms with Gasteiger partial charge in [0.1, 0.15) is 19.6 Å². The molecule has 2 atom stereocenters. The molecule has 4 aliphatic heterocycles. The Morgan fingerprint density at radius 3 is 2.38 bits per heavy atom. The lowest BCUT2D eigenvalue weighted by Crippen LogP contribution is -2.53. The van der Waals surface area contributed by atoms with Crippen molar-refractivity contribution in [3.05, 3.63) is 53.6 Å². The first-order chi connectivity index (χ1) is 23.2. The van der Waals surface area contributed by atoms with Crippen molar-refractivity contribution in [1.82, 2.24) is 19.6 Å². The van der Waals surface area contributed by atoms with E-state index in [2.05, 4.69) is 10.2 Å². The number of urea groups is 1. The maximum absolute atomic E-state index is 14.0. The van der Waals surface area contributed by atoms with E-state index in [1.807, 2.05) is 29.2 Å². The van der Waals surface area contributed by atoms with E-state index in [1.54, 1.807) is 21.9 Å². The normalized spacial score (nSPS) is 21.6. The predicted molar refractivity (Wildman–Crippen MR) is 179 cm³/mol. The second-order valence-electron chi connectivity index (χ2n) is 13.2. The number of fused-ring (bicyclic) bond motifs is 1. The van der Waals surface area contributed by atoms with Gasteiger partial charge in [0.15, 0.2) is 6.10 Å². The number of hydrogen-bond acceptors (Lipinski definition) is 8. The van der Waals surface area contributed by atoms with Crippen molar-refractivity contribution in [2.75, 3.05) is 51.7 Å². The van der Waals surface area contributed by atoms with E-state index >= 15 is 0 Å². The smallest absolute Gasteiger partial charge is 0.410 e. The van der Waals surface area contributed by atoms with Gasteiger partial charge in [0.25, 0.3) is 5.91 Å². The minimum Gasteiger partial charge on any atom is -0.509 e. The number of methoxy groups -OCH3 is 1. The molecule has 3 fully saturated rings. The number of rotatable bonds is 7. The van der Waals surface area contributed by atoms with E-state index < -0.39 is 12.2 Å². The number of benzene rings is 2. The molecule has 12 nitrogen and oxygen atoms in total. The zero-order valence-corrected chi connectivity index (χ0v) is 27.5. The van der Waals surface area contributed by atoms with Gasteiger partial charge in [-0.1, -0.05) is 35.8 Å². The van der Waals surface area contributed by atoms with Gasteiger partial charge in [0.05, 0.1) is 7.11 Å². The molecule has 4 amide bonds. The molecule has 3 saturated heterocycles. The van der Waals surface area contributed by atoms with E-state index in [-0.39, 0.29) is 53.7 Å². The molecule has 0 aliphatic carbocycles. The molecular weight excluding hydrogens is 613 g/mol. The number of phenols is 1. The van der Waals surface area contributed by atoms with Gasteiger partial charge in [-0.3, -0.25) is 14.5 Å². The highest BCUT2D eigenvalue weighted by atomic mass is 16.6. The van der Waals surface area contributed by atoms with Gasteiger partial charge in [-0.2, -0.15) is 0 Å². The summed E-state index contributed by atoms with van der Waals surface area (Å²) in [6.45, 7) is 3.18. The quantitative estimate of drug-likeness (QED) is 0.343. The highest BCUT2D eigenvalue weighted by molar-refractivity contribution is 6.34. The molecule has 13 heteroatoms. The van der Waals surface area contributed by atoms with E-state index in [0.717, 1.165) is 37.1 Å². The van der Waals surface area contributed by atoms with Crippen molar-refractivity contribution in [3.8, 4) is 5.75 Å². The van der Waals surface area contributed by atoms with Gasteiger partial charge in [0.2, 0.25) is 0 Å². The first kappa shape index (κ1) is 33.6. The number of ether oxygens (including phenoxy) is 2. The lowest BCUT2D eigenvalue weighted by Gasteiger charge is -2.40. The number of nitrogens with one attached hydrogen (secondary N) is 1. The fourth-order valence-electron chi connectivity index (χ4n) is 7.66. The molecule has 1 unspecified atom stereocenters. The number of piperidine rings is 2. The SMILES string of the molecule is [B]c1cc(C[C@@H](OC(=O)N2CCC(N3CCc4ccccc4NC3=O)CC2)C(=O)N2CCC(N3CCCC3C(=O)OC)CC2)ccc1O. The van der Waals surface area contributed by atoms with E-state index in [9.17, 15) is 24.3 Å². The van der Waals surface area contributed by atoms with Crippen molar-refractivity contribution in [2.24, 2.45) is 0 Å². The van der Waals surface area contributed by atoms with Crippen LogP contribution in [0.3, 0.4) is 0 Å². The maximum Gasteiger partial charge on any atom is 0.410 e. The Balaban J connectivity index is 1.08. The van der Waals surface area contributed by atoms with Crippen LogP contribution in [0, 0.1) is 0 Å². The summed E-state index contributed by atoms with van der Waals surface area (Å²) in [5, 5.41) is 13.0. The summed E-state index contributed by atoms with van der Waals surface area (Å²) in [5.41, 5.74) is 2.78. The van der Waals surface area contributed by atoms with Crippen LogP contribution in [0.15, 0.2) is 42.5 Å². The molecule has 2 N–H and O–H groups in total. The highest BCUT2D eigenvalue weighted by Gasteiger charge is 2.40. The minimum absolute atomic E-state index is 0.0172. The Hall–Kier alpha value is -4.26. The van der Waals surface area contributed by atoms with Crippen LogP contribution >= 0.6 is 0 Å². The van der Waals surface area contributed by atoms with Gasteiger partial charge in [-0.25, -0.2) is 9.59 Å². The van der Waals surface area contributed by atoms with Gasteiger partial charge in [0, 0.05) is 56.9 Å². The summed E-state index contributed by atoms with van der Waals surface area (Å²) in [4.78, 5) is 60.3. The van der Waals surface area contributed by atoms with Crippen LogP contribution in [0.5, 0.6) is 5.75 Å². The Kier molecular flexibility index (Phi) is 10.4. The molecule has 6 rings (SSSR count). The zero-order valence-electron chi connectivity index (χ0n) is 27.5. The van der Waals surface area contributed by atoms with Gasteiger partial charge >= 0.3 is 18.1 Å². The highest BCUT2D eigenvalue weighted by Crippen LogP contribution is 2.28. The van der Waals surface area contributed by atoms with Crippen LogP contribution in [0.2, 0.25) is 0 Å². The summed E-state index contributed by atoms with van der Waals surface area (Å²) < 4.78 is 11.0. The second kappa shape index (κ2) is 14.9. The molecule has 48 heavy (non-hydrogen) atoms. The molecule has 0 spiro atoms. The number of hydrogen-bond donors (Lipinski definition) is 2. The number of para-hydroxylation sites is 1. The first-order valence-electron chi connectivity index (χ1n) is 17.0. The Morgan fingerprint density at radius 2 is 1.65 bits per heavy atom. The van der Waals surface area contributed by atoms with Crippen molar-refractivity contribution < 1.29 is 33.8 Å². The van der Waals surface area contributed by atoms with Crippen molar-refractivity contribution in [2.45, 2.75) is 75.6 Å². The van der Waals surface area contributed by atoms with Crippen LogP contribution in [-0.2, 0) is 31.9 Å². The Labute approximate surface area is 282 Å². The maximum atomic E-state index is 14.0. The third-order valence-electron chi connectivity index (χ3n) is 10.3. The van der Waals surface area contributed by atoms with Crippen molar-refractivity contribution in [3.63, 3.8) is 0 Å². The summed E-state index contributed by atoms with van der Waals surface area (Å²) in [5.74, 6) is -0.553. The third-order valence-corrected chi connectivity index (χ3v) is 10.3. The van der Waals surface area contributed by atoms with Gasteiger partial charge < -0.3 is 34.6 Å². The summed E-state index contributed by atoms with van der Waals surface area (Å²) >= 11 is 0. The lowest BCUT2D eigenvalue weighted by atomic mass is 9.91. The van der Waals surface area contributed by atoms with Gasteiger partial charge in [-0.05, 0) is 74.8 Å². The van der Waals surface area contributed by atoms with Crippen molar-refractivity contribution >= 4 is 43.0 Å². The summed E-state index contributed by atoms with van der Waals surface area (Å²) in [6, 6.07) is 12.3. The Morgan fingerprint density at radius 1 is 0.938 bits per heavy atom. The topological polar surface area (TPSA) is 132 Å². The third kappa shape index (κ3) is 7.40. The average Bonchev–Trinajstić information content (AvgIpc) is 3.53. The molecule has 0 aromatic heterocycles. The van der Waals surface area contributed by atoms with E-state index in [0.29, 0.717) is 64.0 Å². The summed E-state index contributed by atoms with van der Waals surface area (Å²) in [7, 11) is 7.35. The molecule has 2 aromatic carbocycles. The molecule has 2 radical (unpaired) electrons. The number of carbonyl (C=O) groups excluding carboxylic acids is 4. The average molecular weight is 658 g/mol. The molecule has 4 heterocycles. The largest absolute Gasteiger partial charge is 0.509 e. The standard InChI is InChI=1S/C35H44BN5O7/c1-47-33(44)29-7-4-15-40(29)25-11-16-38(17-12-25)32(43)31(22-23-8-9-30(42)27(36)21-23)48-35(46)39-18-13-26(14-19-39)41-20-10-24-5-2-3-6-28(24)37-34(41)45/h2-3,5-6,8-9,21,25-26,29,31,42H,4,7,10-20,22H2,1H3,(H,37,45)/t29?,31-/m1/s1. The van der Waals surface area contributed by atoms with Crippen LogP contribution < -0.4 is 10.8 Å². The second-order valence-corrected chi connectivity index (χ2v) is 13.2. The number of aromatic hydroxyl groups is 1. The van der Waals surface area contributed by atoms with E-state index in [4.69, 9.17) is 17.3 Å². The minimum atomic E-state index is -1.08. The van der Waals surface area contributed by atoms with Crippen LogP contribution in [0.4, 0.5) is 15.3 Å². The lowest BCUT2D eigenvalue weighted by molar-refractivity contribution is -0.148. The van der Waals surface area contributed by atoms with Crippen LogP contribution in [0.25, 0.3) is 0 Å². The Bertz CT molecular complexity index is 1510. The fourth-order valence-corrected chi connectivity index (χ4v) is 7.66. The summed E-state index contributed by atoms with van der Waals surface area (Å²) in [6.07, 6.45) is 3.52. The van der Waals surface area contributed by atoms with E-state index in [1.165, 1.54) is 13.2 Å². The number of amides is 4. The number of carbonyl (C=O) groups is 4. The first-order valence-corrected chi connectivity index (χ1v) is 17.0. The molecule has 254 valence electrons. The number of likely N-dealkylation sites (tertiary alicyclic amines) is 3. The number of nitrogens with zero attached hydrogens (tertiary/aromatic N) is 4.